The second-order valence-corrected chi connectivity index (χ2v) is 7.01. The van der Waals surface area contributed by atoms with Crippen LogP contribution in [-0.4, -0.2) is 28.9 Å². The van der Waals surface area contributed by atoms with Gasteiger partial charge in [0.05, 0.1) is 4.99 Å². The summed E-state index contributed by atoms with van der Waals surface area (Å²) in [6.45, 7) is 7.88. The Bertz CT molecular complexity index is 322. The van der Waals surface area contributed by atoms with Crippen molar-refractivity contribution in [3.63, 3.8) is 0 Å². The molecule has 0 saturated heterocycles. The number of carbonyl (C=O) groups is 1. The van der Waals surface area contributed by atoms with Crippen molar-refractivity contribution in [1.82, 2.24) is 4.90 Å². The molecule has 1 aliphatic carbocycles. The molecule has 3 nitrogen and oxygen atoms in total. The van der Waals surface area contributed by atoms with E-state index in [0.29, 0.717) is 29.8 Å². The Kier molecular flexibility index (Phi) is 6.24. The van der Waals surface area contributed by atoms with Gasteiger partial charge in [0.25, 0.3) is 0 Å². The molecule has 0 spiro atoms. The van der Waals surface area contributed by atoms with Gasteiger partial charge in [0.15, 0.2) is 0 Å². The van der Waals surface area contributed by atoms with E-state index in [1.807, 2.05) is 4.90 Å². The maximum atomic E-state index is 12.8. The molecule has 0 aromatic carbocycles. The first kappa shape index (κ1) is 16.4. The summed E-state index contributed by atoms with van der Waals surface area (Å²) in [7, 11) is 0. The molecule has 1 fully saturated rings. The minimum absolute atomic E-state index is 0.163. The lowest BCUT2D eigenvalue weighted by Crippen LogP contribution is -2.46. The monoisotopic (exact) mass is 284 g/mol. The summed E-state index contributed by atoms with van der Waals surface area (Å²) in [6.07, 6.45) is 6.28. The molecule has 0 bridgehead atoms. The van der Waals surface area contributed by atoms with Gasteiger partial charge < -0.3 is 10.6 Å². The van der Waals surface area contributed by atoms with Crippen LogP contribution in [0.5, 0.6) is 0 Å². The summed E-state index contributed by atoms with van der Waals surface area (Å²) in [5, 5.41) is 0. The molecule has 1 amide bonds. The van der Waals surface area contributed by atoms with Gasteiger partial charge in [-0.25, -0.2) is 0 Å². The van der Waals surface area contributed by atoms with E-state index < -0.39 is 0 Å². The lowest BCUT2D eigenvalue weighted by atomic mass is 9.74. The average Bonchev–Trinajstić information content (AvgIpc) is 2.34. The van der Waals surface area contributed by atoms with E-state index in [1.165, 1.54) is 19.3 Å². The highest BCUT2D eigenvalue weighted by Crippen LogP contribution is 2.37. The van der Waals surface area contributed by atoms with Gasteiger partial charge in [-0.05, 0) is 18.8 Å². The van der Waals surface area contributed by atoms with Gasteiger partial charge in [0.2, 0.25) is 5.91 Å². The lowest BCUT2D eigenvalue weighted by molar-refractivity contribution is -0.143. The molecule has 1 saturated carbocycles. The predicted octanol–water partition coefficient (Wildman–Crippen LogP) is 3.12. The van der Waals surface area contributed by atoms with Crippen LogP contribution in [0, 0.1) is 11.3 Å². The molecule has 0 aromatic rings. The van der Waals surface area contributed by atoms with Crippen LogP contribution in [0.3, 0.4) is 0 Å². The van der Waals surface area contributed by atoms with Crippen molar-refractivity contribution in [2.24, 2.45) is 17.1 Å². The minimum atomic E-state index is -0.163. The van der Waals surface area contributed by atoms with Gasteiger partial charge in [-0.15, -0.1) is 0 Å². The zero-order chi connectivity index (χ0) is 14.5. The number of amides is 1. The van der Waals surface area contributed by atoms with Crippen LogP contribution in [-0.2, 0) is 4.79 Å². The van der Waals surface area contributed by atoms with Gasteiger partial charge in [-0.1, -0.05) is 52.3 Å². The van der Waals surface area contributed by atoms with Crippen molar-refractivity contribution in [1.29, 1.82) is 0 Å². The molecule has 4 heteroatoms. The van der Waals surface area contributed by atoms with E-state index in [1.54, 1.807) is 0 Å². The van der Waals surface area contributed by atoms with Crippen LogP contribution >= 0.6 is 12.2 Å². The lowest BCUT2D eigenvalue weighted by Gasteiger charge is -2.38. The van der Waals surface area contributed by atoms with Gasteiger partial charge in [0.1, 0.15) is 0 Å². The first-order valence-electron chi connectivity index (χ1n) is 7.43. The molecule has 0 radical (unpaired) electrons. The minimum Gasteiger partial charge on any atom is -0.393 e. The van der Waals surface area contributed by atoms with Crippen LogP contribution in [0.1, 0.15) is 59.3 Å². The molecule has 2 N–H and O–H groups in total. The third-order valence-corrected chi connectivity index (χ3v) is 4.18. The Hall–Kier alpha value is -0.640. The number of nitrogens with zero attached hydrogens (tertiary/aromatic N) is 1. The van der Waals surface area contributed by atoms with Crippen molar-refractivity contribution < 1.29 is 4.79 Å². The molecule has 0 aromatic heterocycles. The second kappa shape index (κ2) is 7.22. The fourth-order valence-corrected chi connectivity index (χ4v) is 2.98. The molecule has 0 unspecified atom stereocenters. The summed E-state index contributed by atoms with van der Waals surface area (Å²) in [5.41, 5.74) is 5.41. The molecule has 1 rings (SSSR count). The third kappa shape index (κ3) is 5.09. The molecule has 19 heavy (non-hydrogen) atoms. The Morgan fingerprint density at radius 1 is 1.32 bits per heavy atom. The van der Waals surface area contributed by atoms with Crippen molar-refractivity contribution in [2.75, 3.05) is 13.1 Å². The zero-order valence-electron chi connectivity index (χ0n) is 12.6. The molecule has 0 atom stereocenters. The summed E-state index contributed by atoms with van der Waals surface area (Å²) in [4.78, 5) is 15.3. The number of thiocarbonyl (C=S) groups is 1. The van der Waals surface area contributed by atoms with Crippen molar-refractivity contribution in [3.05, 3.63) is 0 Å². The van der Waals surface area contributed by atoms with E-state index in [2.05, 4.69) is 20.8 Å². The van der Waals surface area contributed by atoms with E-state index in [9.17, 15) is 4.79 Å². The summed E-state index contributed by atoms with van der Waals surface area (Å²) in [5.74, 6) is 0.777. The van der Waals surface area contributed by atoms with Crippen LogP contribution in [0.15, 0.2) is 0 Å². The maximum absolute atomic E-state index is 12.8. The van der Waals surface area contributed by atoms with E-state index >= 15 is 0 Å². The first-order valence-corrected chi connectivity index (χ1v) is 7.83. The van der Waals surface area contributed by atoms with Crippen molar-refractivity contribution in [2.45, 2.75) is 59.3 Å². The summed E-state index contributed by atoms with van der Waals surface area (Å²) >= 11 is 4.94. The zero-order valence-corrected chi connectivity index (χ0v) is 13.4. The average molecular weight is 284 g/mol. The van der Waals surface area contributed by atoms with Gasteiger partial charge in [-0.2, -0.15) is 0 Å². The second-order valence-electron chi connectivity index (χ2n) is 6.48. The van der Waals surface area contributed by atoms with Gasteiger partial charge in [0, 0.05) is 24.9 Å². The number of hydrogen-bond acceptors (Lipinski definition) is 2. The Morgan fingerprint density at radius 2 is 1.89 bits per heavy atom. The largest absolute Gasteiger partial charge is 0.393 e. The smallest absolute Gasteiger partial charge is 0.228 e. The topological polar surface area (TPSA) is 46.3 Å². The quantitative estimate of drug-likeness (QED) is 0.762. The highest BCUT2D eigenvalue weighted by molar-refractivity contribution is 7.80. The highest BCUT2D eigenvalue weighted by Gasteiger charge is 2.37. The van der Waals surface area contributed by atoms with E-state index in [0.717, 1.165) is 19.4 Å². The molecule has 110 valence electrons. The molecule has 0 heterocycles. The molecule has 0 aliphatic heterocycles. The number of nitrogens with two attached hydrogens (primary N) is 1. The summed E-state index contributed by atoms with van der Waals surface area (Å²) < 4.78 is 0. The van der Waals surface area contributed by atoms with Crippen LogP contribution in [0.2, 0.25) is 0 Å². The fraction of sp³-hybridized carbons (Fsp3) is 0.867. The maximum Gasteiger partial charge on any atom is 0.228 e. The Labute approximate surface area is 122 Å². The van der Waals surface area contributed by atoms with Crippen molar-refractivity contribution in [3.8, 4) is 0 Å². The number of carbonyl (C=O) groups excluding carboxylic acids is 1. The molecular formula is C15H28N2OS. The Morgan fingerprint density at radius 3 is 2.37 bits per heavy atom. The number of hydrogen-bond donors (Lipinski definition) is 1. The standard InChI is InChI=1S/C15H28N2OS/c1-12(2)11-17(10-7-13(16)19)14(18)15(3)8-5-4-6-9-15/h12H,4-11H2,1-3H3,(H2,16,19). The molecule has 1 aliphatic rings. The van der Waals surface area contributed by atoms with E-state index in [-0.39, 0.29) is 5.41 Å². The normalized spacial score (nSPS) is 18.3. The fourth-order valence-electron chi connectivity index (χ4n) is 2.89. The van der Waals surface area contributed by atoms with Crippen LogP contribution in [0.25, 0.3) is 0 Å². The van der Waals surface area contributed by atoms with E-state index in [4.69, 9.17) is 18.0 Å². The van der Waals surface area contributed by atoms with Gasteiger partial charge >= 0.3 is 0 Å². The van der Waals surface area contributed by atoms with Crippen molar-refractivity contribution >= 4 is 23.1 Å². The van der Waals surface area contributed by atoms with Crippen LogP contribution in [0.4, 0.5) is 0 Å². The SMILES string of the molecule is CC(C)CN(CCC(N)=S)C(=O)C1(C)CCCCC1. The summed E-state index contributed by atoms with van der Waals surface area (Å²) in [6, 6.07) is 0. The molecular weight excluding hydrogens is 256 g/mol. The number of rotatable bonds is 6. The van der Waals surface area contributed by atoms with Gasteiger partial charge in [-0.3, -0.25) is 4.79 Å². The predicted molar refractivity (Wildman–Crippen MR) is 84.0 cm³/mol. The Balaban J connectivity index is 2.71. The first-order chi connectivity index (χ1) is 8.85. The highest BCUT2D eigenvalue weighted by atomic mass is 32.1. The third-order valence-electron chi connectivity index (χ3n) is 3.97. The van der Waals surface area contributed by atoms with Crippen LogP contribution < -0.4 is 5.73 Å².